The number of nitrogens with two attached hydrogens (primary N) is 1. The molecule has 0 unspecified atom stereocenters. The molecule has 0 saturated carbocycles. The number of hydrogen-bond donors (Lipinski definition) is 2. The van der Waals surface area contributed by atoms with E-state index in [-0.39, 0.29) is 17.2 Å². The summed E-state index contributed by atoms with van der Waals surface area (Å²) >= 11 is 9.27. The molecule has 3 rings (SSSR count). The molecule has 7 nitrogen and oxygen atoms in total. The van der Waals surface area contributed by atoms with Crippen molar-refractivity contribution in [1.29, 1.82) is 0 Å². The molecular formula is C17H14BrClN4O3S. The number of primary sulfonamides is 1. The van der Waals surface area contributed by atoms with Gasteiger partial charge in [0.1, 0.15) is 15.8 Å². The summed E-state index contributed by atoms with van der Waals surface area (Å²) in [6.07, 6.45) is 3.10. The van der Waals surface area contributed by atoms with Crippen molar-refractivity contribution in [2.45, 2.75) is 11.3 Å². The van der Waals surface area contributed by atoms with Gasteiger partial charge in [-0.1, -0.05) is 29.8 Å². The van der Waals surface area contributed by atoms with E-state index >= 15 is 0 Å². The molecule has 1 aromatic heterocycles. The van der Waals surface area contributed by atoms with Crippen LogP contribution in [-0.2, 0) is 21.2 Å². The summed E-state index contributed by atoms with van der Waals surface area (Å²) in [7, 11) is -4.03. The van der Waals surface area contributed by atoms with E-state index in [1.54, 1.807) is 42.6 Å². The zero-order chi connectivity index (χ0) is 19.6. The predicted octanol–water partition coefficient (Wildman–Crippen LogP) is 3.12. The van der Waals surface area contributed by atoms with E-state index in [0.717, 1.165) is 0 Å². The van der Waals surface area contributed by atoms with Crippen LogP contribution >= 0.6 is 27.5 Å². The van der Waals surface area contributed by atoms with E-state index in [2.05, 4.69) is 26.2 Å². The van der Waals surface area contributed by atoms with Gasteiger partial charge in [0.25, 0.3) is 0 Å². The summed E-state index contributed by atoms with van der Waals surface area (Å²) in [6.45, 7) is 0. The number of imidazole rings is 1. The van der Waals surface area contributed by atoms with Gasteiger partial charge in [-0.25, -0.2) is 18.5 Å². The molecule has 0 fully saturated rings. The Morgan fingerprint density at radius 3 is 2.63 bits per heavy atom. The number of amides is 1. The van der Waals surface area contributed by atoms with Gasteiger partial charge in [0.2, 0.25) is 15.9 Å². The Balaban J connectivity index is 1.89. The molecule has 140 valence electrons. The third-order valence-electron chi connectivity index (χ3n) is 3.69. The fourth-order valence-electron chi connectivity index (χ4n) is 2.48. The Hall–Kier alpha value is -2.20. The number of benzene rings is 2. The lowest BCUT2D eigenvalue weighted by Crippen LogP contribution is -2.18. The van der Waals surface area contributed by atoms with Crippen LogP contribution in [0, 0.1) is 0 Å². The Bertz CT molecular complexity index is 1110. The van der Waals surface area contributed by atoms with Crippen molar-refractivity contribution in [2.24, 2.45) is 5.14 Å². The van der Waals surface area contributed by atoms with Gasteiger partial charge in [0.05, 0.1) is 12.1 Å². The maximum absolute atomic E-state index is 12.3. The standard InChI is InChI=1S/C17H14BrClN4O3S/c18-16-9-23(10-21-16)14-6-5-12(8-15(14)27(20,25)26)22-17(24)7-11-3-1-2-4-13(11)19/h1-6,8-10H,7H2,(H,22,24)(H2,20,25,26). The summed E-state index contributed by atoms with van der Waals surface area (Å²) in [6, 6.07) is 11.4. The number of sulfonamides is 1. The molecule has 0 aliphatic carbocycles. The normalized spacial score (nSPS) is 11.4. The molecule has 2 aromatic carbocycles. The van der Waals surface area contributed by atoms with Gasteiger partial charge >= 0.3 is 0 Å². The van der Waals surface area contributed by atoms with Crippen LogP contribution < -0.4 is 10.5 Å². The number of anilines is 1. The van der Waals surface area contributed by atoms with Crippen molar-refractivity contribution in [2.75, 3.05) is 5.32 Å². The van der Waals surface area contributed by atoms with Crippen LogP contribution in [-0.4, -0.2) is 23.9 Å². The first-order valence-electron chi connectivity index (χ1n) is 7.64. The number of halogens is 2. The molecule has 3 N–H and O–H groups in total. The van der Waals surface area contributed by atoms with Crippen molar-refractivity contribution in [1.82, 2.24) is 9.55 Å². The highest BCUT2D eigenvalue weighted by molar-refractivity contribution is 9.10. The van der Waals surface area contributed by atoms with Crippen LogP contribution in [0.25, 0.3) is 5.69 Å². The Morgan fingerprint density at radius 1 is 1.26 bits per heavy atom. The zero-order valence-electron chi connectivity index (χ0n) is 13.8. The van der Waals surface area contributed by atoms with Crippen molar-refractivity contribution in [3.8, 4) is 5.69 Å². The van der Waals surface area contributed by atoms with E-state index in [1.807, 2.05) is 0 Å². The van der Waals surface area contributed by atoms with Crippen molar-refractivity contribution in [3.05, 3.63) is 70.2 Å². The first-order chi connectivity index (χ1) is 12.7. The van der Waals surface area contributed by atoms with Crippen molar-refractivity contribution >= 4 is 49.1 Å². The van der Waals surface area contributed by atoms with Gasteiger partial charge in [-0.15, -0.1) is 0 Å². The minimum atomic E-state index is -4.03. The highest BCUT2D eigenvalue weighted by Crippen LogP contribution is 2.25. The SMILES string of the molecule is NS(=O)(=O)c1cc(NC(=O)Cc2ccccc2Cl)ccc1-n1cnc(Br)c1. The van der Waals surface area contributed by atoms with E-state index < -0.39 is 10.0 Å². The number of nitrogens with zero attached hydrogens (tertiary/aromatic N) is 2. The molecule has 0 saturated heterocycles. The molecule has 27 heavy (non-hydrogen) atoms. The highest BCUT2D eigenvalue weighted by Gasteiger charge is 2.17. The monoisotopic (exact) mass is 468 g/mol. The van der Waals surface area contributed by atoms with Crippen LogP contribution in [0.5, 0.6) is 0 Å². The van der Waals surface area contributed by atoms with Gasteiger partial charge in [-0.3, -0.25) is 4.79 Å². The third kappa shape index (κ3) is 4.75. The summed E-state index contributed by atoms with van der Waals surface area (Å²) in [5, 5.41) is 8.49. The molecular weight excluding hydrogens is 456 g/mol. The maximum atomic E-state index is 12.3. The Kier molecular flexibility index (Phi) is 5.66. The fraction of sp³-hybridized carbons (Fsp3) is 0.0588. The van der Waals surface area contributed by atoms with Gasteiger partial charge in [-0.05, 0) is 45.8 Å². The van der Waals surface area contributed by atoms with E-state index in [9.17, 15) is 13.2 Å². The Labute approximate surface area is 169 Å². The molecule has 0 radical (unpaired) electrons. The molecule has 0 bridgehead atoms. The number of hydrogen-bond acceptors (Lipinski definition) is 4. The predicted molar refractivity (Wildman–Crippen MR) is 106 cm³/mol. The van der Waals surface area contributed by atoms with E-state index in [4.69, 9.17) is 16.7 Å². The van der Waals surface area contributed by atoms with E-state index in [0.29, 0.717) is 26.6 Å². The van der Waals surface area contributed by atoms with Crippen molar-refractivity contribution in [3.63, 3.8) is 0 Å². The van der Waals surface area contributed by atoms with Gasteiger partial charge in [0, 0.05) is 16.9 Å². The van der Waals surface area contributed by atoms with Crippen LogP contribution in [0.1, 0.15) is 5.56 Å². The Morgan fingerprint density at radius 2 is 2.00 bits per heavy atom. The average Bonchev–Trinajstić information content (AvgIpc) is 3.02. The second-order valence-electron chi connectivity index (χ2n) is 5.65. The lowest BCUT2D eigenvalue weighted by atomic mass is 10.1. The smallest absolute Gasteiger partial charge is 0.240 e. The van der Waals surface area contributed by atoms with Crippen molar-refractivity contribution < 1.29 is 13.2 Å². The first kappa shape index (κ1) is 19.6. The van der Waals surface area contributed by atoms with Crippen LogP contribution in [0.15, 0.2) is 64.5 Å². The summed E-state index contributed by atoms with van der Waals surface area (Å²) < 4.78 is 26.1. The number of carbonyl (C=O) groups excluding carboxylic acids is 1. The molecule has 10 heteroatoms. The summed E-state index contributed by atoms with van der Waals surface area (Å²) in [4.78, 5) is 16.1. The zero-order valence-corrected chi connectivity index (χ0v) is 16.9. The topological polar surface area (TPSA) is 107 Å². The van der Waals surface area contributed by atoms with E-state index in [1.165, 1.54) is 17.0 Å². The largest absolute Gasteiger partial charge is 0.326 e. The van der Waals surface area contributed by atoms with Crippen LogP contribution in [0.2, 0.25) is 5.02 Å². The second kappa shape index (κ2) is 7.81. The minimum absolute atomic E-state index is 0.0562. The van der Waals surface area contributed by atoms with Crippen LogP contribution in [0.4, 0.5) is 5.69 Å². The number of aromatic nitrogens is 2. The van der Waals surface area contributed by atoms with Crippen LogP contribution in [0.3, 0.4) is 0 Å². The van der Waals surface area contributed by atoms with Gasteiger partial charge in [-0.2, -0.15) is 0 Å². The lowest BCUT2D eigenvalue weighted by Gasteiger charge is -2.12. The number of carbonyl (C=O) groups is 1. The number of rotatable bonds is 5. The maximum Gasteiger partial charge on any atom is 0.240 e. The third-order valence-corrected chi connectivity index (χ3v) is 5.41. The molecule has 0 spiro atoms. The van der Waals surface area contributed by atoms with Gasteiger partial charge < -0.3 is 9.88 Å². The highest BCUT2D eigenvalue weighted by atomic mass is 79.9. The molecule has 1 heterocycles. The molecule has 0 atom stereocenters. The lowest BCUT2D eigenvalue weighted by molar-refractivity contribution is -0.115. The van der Waals surface area contributed by atoms with Gasteiger partial charge in [0.15, 0.2) is 0 Å². The minimum Gasteiger partial charge on any atom is -0.326 e. The molecule has 1 amide bonds. The fourth-order valence-corrected chi connectivity index (χ4v) is 3.75. The number of nitrogens with one attached hydrogen (secondary N) is 1. The molecule has 0 aliphatic rings. The molecule has 3 aromatic rings. The second-order valence-corrected chi connectivity index (χ2v) is 8.40. The quantitative estimate of drug-likeness (QED) is 0.598. The average molecular weight is 470 g/mol. The summed E-state index contributed by atoms with van der Waals surface area (Å²) in [5.41, 5.74) is 1.29. The first-order valence-corrected chi connectivity index (χ1v) is 10.4. The molecule has 0 aliphatic heterocycles. The summed E-state index contributed by atoms with van der Waals surface area (Å²) in [5.74, 6) is -0.332.